The third-order valence-corrected chi connectivity index (χ3v) is 17.6. The number of rotatable bonds is 8. The third-order valence-electron chi connectivity index (χ3n) is 17.6. The molecule has 0 saturated carbocycles. The highest BCUT2D eigenvalue weighted by atomic mass is 19.4. The van der Waals surface area contributed by atoms with E-state index in [-0.39, 0.29) is 44.6 Å². The maximum atomic E-state index is 15.0. The van der Waals surface area contributed by atoms with Crippen molar-refractivity contribution in [3.05, 3.63) is 267 Å². The van der Waals surface area contributed by atoms with Gasteiger partial charge in [0.25, 0.3) is 0 Å². The number of halogens is 15. The van der Waals surface area contributed by atoms with Crippen LogP contribution in [0.3, 0.4) is 0 Å². The van der Waals surface area contributed by atoms with E-state index in [4.69, 9.17) is 6.57 Å². The Balaban J connectivity index is 1.12. The van der Waals surface area contributed by atoms with Gasteiger partial charge >= 0.3 is 30.9 Å². The second-order valence-corrected chi connectivity index (χ2v) is 23.8. The zero-order chi connectivity index (χ0) is 67.7. The molecule has 2 aromatic heterocycles. The third kappa shape index (κ3) is 11.4. The predicted octanol–water partition coefficient (Wildman–Crippen LogP) is 25.1. The molecule has 0 amide bonds. The lowest BCUT2D eigenvalue weighted by Crippen LogP contribution is -2.07. The Morgan fingerprint density at radius 2 is 0.589 bits per heavy atom. The number of aromatic nitrogens is 2. The normalized spacial score (nSPS) is 12.6. The van der Waals surface area contributed by atoms with Crippen molar-refractivity contribution < 1.29 is 65.9 Å². The van der Waals surface area contributed by atoms with E-state index in [1.54, 1.807) is 115 Å². The maximum absolute atomic E-state index is 15.0. The molecule has 0 aliphatic heterocycles. The van der Waals surface area contributed by atoms with Crippen molar-refractivity contribution in [3.63, 3.8) is 0 Å². The van der Waals surface area contributed by atoms with Gasteiger partial charge in [-0.05, 0) is 228 Å². The molecule has 0 N–H and O–H groups in total. The minimum atomic E-state index is -4.80. The van der Waals surface area contributed by atoms with Gasteiger partial charge in [-0.1, -0.05) is 96.1 Å². The van der Waals surface area contributed by atoms with Crippen molar-refractivity contribution in [1.29, 1.82) is 0 Å². The van der Waals surface area contributed by atoms with Crippen molar-refractivity contribution in [1.82, 2.24) is 9.13 Å². The fourth-order valence-corrected chi connectivity index (χ4v) is 13.1. The fraction of sp³-hybridized carbons (Fsp3) is 0.130. The van der Waals surface area contributed by atoms with Crippen LogP contribution in [0.4, 0.5) is 71.5 Å². The summed E-state index contributed by atoms with van der Waals surface area (Å²) in [4.78, 5) is 3.82. The second-order valence-electron chi connectivity index (χ2n) is 23.8. The van der Waals surface area contributed by atoms with E-state index >= 15 is 13.2 Å². The van der Waals surface area contributed by atoms with Crippen molar-refractivity contribution in [3.8, 4) is 78.1 Å². The molecular formula is C77H48F15N3. The Bertz CT molecular complexity index is 5370. The van der Waals surface area contributed by atoms with Crippen molar-refractivity contribution in [2.75, 3.05) is 0 Å². The van der Waals surface area contributed by atoms with Crippen LogP contribution < -0.4 is 0 Å². The molecule has 95 heavy (non-hydrogen) atoms. The van der Waals surface area contributed by atoms with Gasteiger partial charge < -0.3 is 9.13 Å². The number of aryl methyl sites for hydroxylation is 5. The van der Waals surface area contributed by atoms with Crippen LogP contribution in [0.25, 0.3) is 127 Å². The van der Waals surface area contributed by atoms with E-state index in [1.807, 2.05) is 9.13 Å². The Hall–Kier alpha value is -10.5. The first kappa shape index (κ1) is 63.2. The van der Waals surface area contributed by atoms with Crippen LogP contribution in [-0.4, -0.2) is 9.13 Å². The first-order valence-corrected chi connectivity index (χ1v) is 29.5. The van der Waals surface area contributed by atoms with Crippen LogP contribution in [0.1, 0.15) is 55.6 Å². The summed E-state index contributed by atoms with van der Waals surface area (Å²) in [5.74, 6) is 0. The number of alkyl halides is 15. The molecule has 0 bridgehead atoms. The molecule has 3 nitrogen and oxygen atoms in total. The van der Waals surface area contributed by atoms with E-state index in [1.165, 1.54) is 71.0 Å². The molecule has 0 unspecified atom stereocenters. The molecule has 0 atom stereocenters. The van der Waals surface area contributed by atoms with Crippen LogP contribution >= 0.6 is 0 Å². The molecule has 476 valence electrons. The predicted molar refractivity (Wildman–Crippen MR) is 343 cm³/mol. The molecule has 11 aromatic carbocycles. The zero-order valence-corrected chi connectivity index (χ0v) is 50.6. The van der Waals surface area contributed by atoms with Crippen LogP contribution in [0.2, 0.25) is 0 Å². The lowest BCUT2D eigenvalue weighted by atomic mass is 9.93. The summed E-state index contributed by atoms with van der Waals surface area (Å²) in [6.45, 7) is 16.0. The molecule has 13 aromatic rings. The summed E-state index contributed by atoms with van der Waals surface area (Å²) < 4.78 is 221. The van der Waals surface area contributed by atoms with Gasteiger partial charge in [0, 0.05) is 27.1 Å². The minimum Gasteiger partial charge on any atom is -0.309 e. The van der Waals surface area contributed by atoms with Gasteiger partial charge in [0.05, 0.1) is 67.8 Å². The van der Waals surface area contributed by atoms with Crippen LogP contribution in [0.5, 0.6) is 0 Å². The average molecular weight is 1300 g/mol. The van der Waals surface area contributed by atoms with Gasteiger partial charge in [-0.3, -0.25) is 0 Å². The molecule has 0 radical (unpaired) electrons. The van der Waals surface area contributed by atoms with Gasteiger partial charge in [-0.25, -0.2) is 4.85 Å². The first-order chi connectivity index (χ1) is 44.7. The average Bonchev–Trinajstić information content (AvgIpc) is 1.59. The SMILES string of the molecule is [C-]#[N+]c1ccc(-n2c3ccc(-c4ccc(C(F)(F)F)cc4C)cc3c3cc(-c4ccc(C)cc4C(F)(F)F)ccc32)c(-c2ccc(-c3ccc(C(F)(F)F)cc3C)cc2-n2c3ccc(-c4ccc(C(F)(F)F)cc4C)cc3c3cc(-c4ccc(C)cc4C(F)(F)F)ccc32)c1. The number of hydrogen-bond acceptors (Lipinski definition) is 0. The van der Waals surface area contributed by atoms with E-state index < -0.39 is 58.7 Å². The van der Waals surface area contributed by atoms with Crippen LogP contribution in [0.15, 0.2) is 200 Å². The topological polar surface area (TPSA) is 14.2 Å². The quantitative estimate of drug-likeness (QED) is 0.106. The molecule has 2 heterocycles. The Labute approximate surface area is 533 Å². The molecule has 0 aliphatic rings. The van der Waals surface area contributed by atoms with E-state index in [0.29, 0.717) is 111 Å². The van der Waals surface area contributed by atoms with Gasteiger partial charge in [0.15, 0.2) is 5.69 Å². The highest BCUT2D eigenvalue weighted by molar-refractivity contribution is 6.14. The number of hydrogen-bond donors (Lipinski definition) is 0. The number of benzene rings is 11. The molecule has 0 saturated heterocycles. The Morgan fingerprint density at radius 1 is 0.274 bits per heavy atom. The molecule has 13 rings (SSSR count). The van der Waals surface area contributed by atoms with Crippen molar-refractivity contribution in [2.45, 2.75) is 65.5 Å². The summed E-state index contributed by atoms with van der Waals surface area (Å²) in [5.41, 5.74) is 2.90. The van der Waals surface area contributed by atoms with Crippen LogP contribution in [-0.2, 0) is 30.9 Å². The second kappa shape index (κ2) is 22.6. The zero-order valence-electron chi connectivity index (χ0n) is 50.6. The van der Waals surface area contributed by atoms with E-state index in [9.17, 15) is 52.7 Å². The summed E-state index contributed by atoms with van der Waals surface area (Å²) in [5, 5.41) is 1.70. The number of nitrogens with zero attached hydrogens (tertiary/aromatic N) is 3. The maximum Gasteiger partial charge on any atom is 0.417 e. The summed E-state index contributed by atoms with van der Waals surface area (Å²) in [6, 6.07) is 47.7. The highest BCUT2D eigenvalue weighted by Crippen LogP contribution is 2.49. The number of fused-ring (bicyclic) bond motifs is 6. The Kier molecular flexibility index (Phi) is 15.0. The van der Waals surface area contributed by atoms with Gasteiger partial charge in [-0.2, -0.15) is 65.9 Å². The van der Waals surface area contributed by atoms with Crippen molar-refractivity contribution >= 4 is 49.3 Å². The van der Waals surface area contributed by atoms with Gasteiger partial charge in [0.2, 0.25) is 0 Å². The molecule has 0 aliphatic carbocycles. The highest BCUT2D eigenvalue weighted by Gasteiger charge is 2.37. The summed E-state index contributed by atoms with van der Waals surface area (Å²) >= 11 is 0. The fourth-order valence-electron chi connectivity index (χ4n) is 13.1. The standard InChI is InChI=1S/C77H48F15N3/c1-40-7-18-57(65(29-40)76(87,88)89)47-12-26-68-62(36-47)60-34-45(54-21-14-50(31-42(54)3)73(78,79)80)10-24-67(60)94(68)71-28-17-53(93-6)39-64(71)59-20-9-49(56-23-16-52(33-44(56)5)75(84,85)86)38-72(59)95-69-25-11-46(55-22-15-51(32-43(55)4)74(81,82)83)35-61(69)63-37-48(13-27-70(63)95)58-19-8-41(2)30-66(58)77(90,91)92/h7-39H,1-5H3. The minimum absolute atomic E-state index is 0.126. The molecule has 18 heteroatoms. The molecular weight excluding hydrogens is 1250 g/mol. The first-order valence-electron chi connectivity index (χ1n) is 29.5. The lowest BCUT2D eigenvalue weighted by molar-refractivity contribution is -0.138. The van der Waals surface area contributed by atoms with Gasteiger partial charge in [0.1, 0.15) is 0 Å². The van der Waals surface area contributed by atoms with Crippen LogP contribution in [0, 0.1) is 41.2 Å². The lowest BCUT2D eigenvalue weighted by Gasteiger charge is -2.21. The Morgan fingerprint density at radius 3 is 0.926 bits per heavy atom. The molecule has 0 fully saturated rings. The summed E-state index contributed by atoms with van der Waals surface area (Å²) in [7, 11) is 0. The molecule has 0 spiro atoms. The van der Waals surface area contributed by atoms with Crippen molar-refractivity contribution in [2.24, 2.45) is 0 Å². The summed E-state index contributed by atoms with van der Waals surface area (Å²) in [6.07, 6.45) is -23.6. The van der Waals surface area contributed by atoms with E-state index in [2.05, 4.69) is 4.85 Å². The van der Waals surface area contributed by atoms with Gasteiger partial charge in [-0.15, -0.1) is 0 Å². The van der Waals surface area contributed by atoms with E-state index in [0.717, 1.165) is 48.5 Å². The monoisotopic (exact) mass is 1300 g/mol. The smallest absolute Gasteiger partial charge is 0.309 e. The largest absolute Gasteiger partial charge is 0.417 e.